The zero-order valence-electron chi connectivity index (χ0n) is 30.0. The molecule has 4 aliphatic rings. The van der Waals surface area contributed by atoms with E-state index >= 15 is 4.39 Å². The third kappa shape index (κ3) is 7.47. The smallest absolute Gasteiger partial charge is 0.490 e. The molecule has 1 unspecified atom stereocenters. The highest BCUT2D eigenvalue weighted by Crippen LogP contribution is 2.45. The number of carbonyl (C=O) groups excluding carboxylic acids is 1. The van der Waals surface area contributed by atoms with Crippen LogP contribution in [0.25, 0.3) is 0 Å². The number of halogens is 2. The summed E-state index contributed by atoms with van der Waals surface area (Å²) in [7, 11) is -5.26. The van der Waals surface area contributed by atoms with Gasteiger partial charge in [0.1, 0.15) is 11.5 Å². The lowest BCUT2D eigenvalue weighted by Crippen LogP contribution is -2.48. The number of anilines is 1. The summed E-state index contributed by atoms with van der Waals surface area (Å²) in [6.45, 7) is 13.5. The molecule has 2 fully saturated rings. The standard InChI is InChI=1S/C37H50BClFN3O6S/c1-24(11-16-33(40)38-48-35(3,4)36(5,6)49-38)25(2)50(45,46)42-34(44)27-12-15-32-31(20-27)43(21-29-10-8-18-41-29)22-37(23-47-32)17-7-9-26-19-28(39)13-14-30(26)37/h12-16,19-20,24-25,29,41H,7-11,17-18,21-23H2,1-6H3,(H,42,44)/b33-16-/t24-,25+,29?,37-/m0/s1. The van der Waals surface area contributed by atoms with Crippen molar-refractivity contribution >= 4 is 40.3 Å². The number of rotatable bonds is 9. The average molecular weight is 730 g/mol. The highest BCUT2D eigenvalue weighted by molar-refractivity contribution is 7.90. The first-order chi connectivity index (χ1) is 23.5. The van der Waals surface area contributed by atoms with Gasteiger partial charge in [0.2, 0.25) is 10.0 Å². The van der Waals surface area contributed by atoms with Gasteiger partial charge in [0.15, 0.2) is 0 Å². The van der Waals surface area contributed by atoms with Gasteiger partial charge in [-0.25, -0.2) is 17.5 Å². The van der Waals surface area contributed by atoms with Gasteiger partial charge in [-0.05, 0) is 127 Å². The van der Waals surface area contributed by atoms with Crippen LogP contribution in [0.5, 0.6) is 5.75 Å². The van der Waals surface area contributed by atoms with E-state index in [2.05, 4.69) is 27.1 Å². The third-order valence-corrected chi connectivity index (χ3v) is 13.7. The van der Waals surface area contributed by atoms with Crippen molar-refractivity contribution in [3.05, 3.63) is 69.9 Å². The van der Waals surface area contributed by atoms with Crippen molar-refractivity contribution in [3.8, 4) is 5.75 Å². The number of amides is 1. The Morgan fingerprint density at radius 1 is 1.14 bits per heavy atom. The average Bonchev–Trinajstić information content (AvgIpc) is 3.61. The number of allylic oxidation sites excluding steroid dienone is 1. The Kier molecular flexibility index (Phi) is 10.4. The zero-order valence-corrected chi connectivity index (χ0v) is 31.6. The van der Waals surface area contributed by atoms with Gasteiger partial charge in [0.25, 0.3) is 5.91 Å². The first-order valence-corrected chi connectivity index (χ1v) is 19.7. The fourth-order valence-electron chi connectivity index (χ4n) is 7.56. The Morgan fingerprint density at radius 2 is 1.88 bits per heavy atom. The van der Waals surface area contributed by atoms with E-state index in [0.29, 0.717) is 18.9 Å². The van der Waals surface area contributed by atoms with Crippen LogP contribution in [0.15, 0.2) is 48.2 Å². The number of nitrogens with one attached hydrogen (secondary N) is 2. The highest BCUT2D eigenvalue weighted by Gasteiger charge is 2.53. The molecule has 0 bridgehead atoms. The van der Waals surface area contributed by atoms with Crippen LogP contribution in [0.3, 0.4) is 0 Å². The van der Waals surface area contributed by atoms with Crippen molar-refractivity contribution in [2.45, 2.75) is 108 Å². The SMILES string of the molecule is C[C@H]([C@@H](C)C/C=C(\F)B1OC(C)(C)C(C)(C)O1)S(=O)(=O)NC(=O)c1ccc2c(c1)N(CC1CCCN1)C[C@@]1(CCCc3cc(Cl)ccc31)CO2. The molecule has 0 radical (unpaired) electrons. The van der Waals surface area contributed by atoms with Crippen LogP contribution in [0.4, 0.5) is 10.1 Å². The number of carbonyl (C=O) groups is 1. The molecule has 3 heterocycles. The summed E-state index contributed by atoms with van der Waals surface area (Å²) in [4.78, 5) is 15.9. The van der Waals surface area contributed by atoms with E-state index in [1.807, 2.05) is 33.8 Å². The highest BCUT2D eigenvalue weighted by atomic mass is 35.5. The van der Waals surface area contributed by atoms with Gasteiger partial charge in [0, 0.05) is 35.1 Å². The number of ether oxygens (including phenoxy) is 1. The molecule has 2 N–H and O–H groups in total. The van der Waals surface area contributed by atoms with Gasteiger partial charge < -0.3 is 24.3 Å². The van der Waals surface area contributed by atoms with E-state index in [4.69, 9.17) is 25.6 Å². The third-order valence-electron chi connectivity index (χ3n) is 11.6. The fraction of sp³-hybridized carbons (Fsp3) is 0.595. The van der Waals surface area contributed by atoms with Crippen molar-refractivity contribution in [1.29, 1.82) is 0 Å². The van der Waals surface area contributed by atoms with Crippen LogP contribution in [0, 0.1) is 5.92 Å². The largest absolute Gasteiger partial charge is 0.524 e. The predicted molar refractivity (Wildman–Crippen MR) is 196 cm³/mol. The molecule has 1 aliphatic carbocycles. The molecule has 4 atom stereocenters. The second-order valence-corrected chi connectivity index (χ2v) is 18.1. The van der Waals surface area contributed by atoms with E-state index < -0.39 is 51.1 Å². The van der Waals surface area contributed by atoms with Crippen LogP contribution >= 0.6 is 11.6 Å². The number of fused-ring (bicyclic) bond motifs is 3. The molecule has 6 rings (SSSR count). The number of aryl methyl sites for hydroxylation is 1. The van der Waals surface area contributed by atoms with Crippen LogP contribution in [-0.4, -0.2) is 70.2 Å². The lowest BCUT2D eigenvalue weighted by atomic mass is 9.70. The number of nitrogens with zero attached hydrogens (tertiary/aromatic N) is 1. The quantitative estimate of drug-likeness (QED) is 0.281. The number of hydrogen-bond acceptors (Lipinski definition) is 8. The van der Waals surface area contributed by atoms with E-state index in [-0.39, 0.29) is 23.4 Å². The summed E-state index contributed by atoms with van der Waals surface area (Å²) >= 11 is 6.39. The molecule has 2 aromatic carbocycles. The molecule has 3 aliphatic heterocycles. The molecule has 272 valence electrons. The summed E-state index contributed by atoms with van der Waals surface area (Å²) in [5.41, 5.74) is 1.24. The van der Waals surface area contributed by atoms with Crippen LogP contribution < -0.4 is 19.7 Å². The van der Waals surface area contributed by atoms with E-state index in [0.717, 1.165) is 55.9 Å². The number of hydrogen-bond donors (Lipinski definition) is 2. The van der Waals surface area contributed by atoms with Crippen molar-refractivity contribution in [2.24, 2.45) is 5.92 Å². The molecule has 2 saturated heterocycles. The summed E-state index contributed by atoms with van der Waals surface area (Å²) in [6.07, 6.45) is 6.53. The summed E-state index contributed by atoms with van der Waals surface area (Å²) < 4.78 is 62.3. The molecular weight excluding hydrogens is 680 g/mol. The van der Waals surface area contributed by atoms with E-state index in [9.17, 15) is 13.2 Å². The molecule has 0 aromatic heterocycles. The molecular formula is C37H50BClFN3O6S. The second-order valence-electron chi connectivity index (χ2n) is 15.7. The normalized spacial score (nSPS) is 25.8. The van der Waals surface area contributed by atoms with Crippen molar-refractivity contribution in [2.75, 3.05) is 31.1 Å². The van der Waals surface area contributed by atoms with Crippen molar-refractivity contribution in [1.82, 2.24) is 10.0 Å². The van der Waals surface area contributed by atoms with Crippen LogP contribution in [0.2, 0.25) is 5.02 Å². The Morgan fingerprint density at radius 3 is 2.58 bits per heavy atom. The van der Waals surface area contributed by atoms with Crippen LogP contribution in [0.1, 0.15) is 95.1 Å². The summed E-state index contributed by atoms with van der Waals surface area (Å²) in [5.74, 6) is -0.563. The van der Waals surface area contributed by atoms with Gasteiger partial charge in [-0.3, -0.25) is 4.79 Å². The minimum absolute atomic E-state index is 0.115. The topological polar surface area (TPSA) is 106 Å². The first kappa shape index (κ1) is 37.1. The zero-order chi connectivity index (χ0) is 36.1. The van der Waals surface area contributed by atoms with Gasteiger partial charge in [0.05, 0.1) is 28.7 Å². The predicted octanol–water partition coefficient (Wildman–Crippen LogP) is 6.52. The van der Waals surface area contributed by atoms with Crippen molar-refractivity contribution in [3.63, 3.8) is 0 Å². The Bertz CT molecular complexity index is 1730. The maximum absolute atomic E-state index is 15.0. The molecule has 0 saturated carbocycles. The number of sulfonamides is 1. The molecule has 13 heteroatoms. The fourth-order valence-corrected chi connectivity index (χ4v) is 9.04. The van der Waals surface area contributed by atoms with Gasteiger partial charge in [-0.15, -0.1) is 0 Å². The van der Waals surface area contributed by atoms with Gasteiger partial charge >= 0.3 is 7.12 Å². The molecule has 50 heavy (non-hydrogen) atoms. The minimum Gasteiger partial charge on any atom is -0.490 e. The van der Waals surface area contributed by atoms with Gasteiger partial charge in [-0.2, -0.15) is 0 Å². The maximum atomic E-state index is 15.0. The molecule has 1 spiro atoms. The second kappa shape index (κ2) is 14.1. The Labute approximate surface area is 301 Å². The monoisotopic (exact) mass is 729 g/mol. The maximum Gasteiger partial charge on any atom is 0.524 e. The minimum atomic E-state index is -4.11. The molecule has 1 amide bonds. The lowest BCUT2D eigenvalue weighted by molar-refractivity contribution is 0.00578. The number of benzene rings is 2. The van der Waals surface area contributed by atoms with E-state index in [1.54, 1.807) is 25.1 Å². The van der Waals surface area contributed by atoms with Crippen LogP contribution in [-0.2, 0) is 31.2 Å². The lowest BCUT2D eigenvalue weighted by Gasteiger charge is -2.41. The molecule has 2 aromatic rings. The Balaban J connectivity index is 1.19. The Hall–Kier alpha value is -2.64. The first-order valence-electron chi connectivity index (χ1n) is 17.8. The molecule has 9 nitrogen and oxygen atoms in total. The van der Waals surface area contributed by atoms with Gasteiger partial charge in [-0.1, -0.05) is 30.7 Å². The van der Waals surface area contributed by atoms with E-state index in [1.165, 1.54) is 24.1 Å². The van der Waals surface area contributed by atoms with Crippen molar-refractivity contribution < 1.29 is 31.6 Å². The summed E-state index contributed by atoms with van der Waals surface area (Å²) in [5, 5.41) is 3.35. The summed E-state index contributed by atoms with van der Waals surface area (Å²) in [6, 6.07) is 11.6.